The minimum absolute atomic E-state index is 0.135. The Balaban J connectivity index is 1.39. The molecule has 0 aliphatic carbocycles. The van der Waals surface area contributed by atoms with Crippen LogP contribution >= 0.6 is 11.3 Å². The van der Waals surface area contributed by atoms with E-state index in [1.807, 2.05) is 18.2 Å². The fraction of sp³-hybridized carbons (Fsp3) is 0.348. The van der Waals surface area contributed by atoms with Gasteiger partial charge >= 0.3 is 0 Å². The molecule has 2 heterocycles. The van der Waals surface area contributed by atoms with Crippen molar-refractivity contribution in [2.75, 3.05) is 31.1 Å². The van der Waals surface area contributed by atoms with E-state index < -0.39 is 5.82 Å². The maximum absolute atomic E-state index is 14.2. The molecule has 0 saturated carbocycles. The Hall–Kier alpha value is -2.82. The first kappa shape index (κ1) is 20.5. The van der Waals surface area contributed by atoms with Gasteiger partial charge in [0.1, 0.15) is 5.82 Å². The van der Waals surface area contributed by atoms with Gasteiger partial charge in [-0.25, -0.2) is 9.37 Å². The smallest absolute Gasteiger partial charge is 0.282 e. The number of amides is 1. The van der Waals surface area contributed by atoms with Crippen molar-refractivity contribution in [2.24, 2.45) is 0 Å². The van der Waals surface area contributed by atoms with E-state index in [1.54, 1.807) is 29.5 Å². The first-order valence-corrected chi connectivity index (χ1v) is 11.1. The number of carbonyl (C=O) groups is 1. The molecule has 1 aliphatic rings. The molecule has 1 amide bonds. The highest BCUT2D eigenvalue weighted by Gasteiger charge is 2.29. The molecule has 1 N–H and O–H groups in total. The molecule has 2 aromatic carbocycles. The molecule has 4 rings (SSSR count). The highest BCUT2D eigenvalue weighted by molar-refractivity contribution is 7.18. The monoisotopic (exact) mass is 423 g/mol. The molecule has 0 unspecified atom stereocenters. The Kier molecular flexibility index (Phi) is 6.36. The van der Waals surface area contributed by atoms with Crippen molar-refractivity contribution in [1.82, 2.24) is 4.98 Å². The van der Waals surface area contributed by atoms with Crippen LogP contribution in [0.5, 0.6) is 0 Å². The van der Waals surface area contributed by atoms with Gasteiger partial charge in [0, 0.05) is 25.3 Å². The van der Waals surface area contributed by atoms with Gasteiger partial charge in [-0.05, 0) is 24.3 Å². The number of likely N-dealkylation sites (tertiary alicyclic amines) is 1. The van der Waals surface area contributed by atoms with Crippen LogP contribution in [0.15, 0.2) is 48.5 Å². The van der Waals surface area contributed by atoms with Crippen LogP contribution in [0, 0.1) is 17.1 Å². The third-order valence-corrected chi connectivity index (χ3v) is 6.84. The number of piperidine rings is 1. The van der Waals surface area contributed by atoms with E-state index in [2.05, 4.69) is 12.1 Å². The number of benzene rings is 2. The minimum Gasteiger partial charge on any atom is -0.327 e. The van der Waals surface area contributed by atoms with E-state index in [4.69, 9.17) is 10.2 Å². The minimum atomic E-state index is -0.437. The topological polar surface area (TPSA) is 61.4 Å². The summed E-state index contributed by atoms with van der Waals surface area (Å²) in [5.41, 5.74) is 1.31. The third kappa shape index (κ3) is 4.50. The average molecular weight is 424 g/mol. The molecule has 154 valence electrons. The Morgan fingerprint density at radius 3 is 2.67 bits per heavy atom. The maximum Gasteiger partial charge on any atom is 0.282 e. The largest absolute Gasteiger partial charge is 0.327 e. The van der Waals surface area contributed by atoms with Gasteiger partial charge in [0.05, 0.1) is 46.5 Å². The highest BCUT2D eigenvalue weighted by atomic mass is 32.1. The van der Waals surface area contributed by atoms with Crippen LogP contribution in [0.25, 0.3) is 10.2 Å². The predicted octanol–water partition coefficient (Wildman–Crippen LogP) is 3.14. The number of nitriles is 1. The van der Waals surface area contributed by atoms with Gasteiger partial charge in [0.25, 0.3) is 5.91 Å². The lowest BCUT2D eigenvalue weighted by atomic mass is 9.97. The third-order valence-electron chi connectivity index (χ3n) is 5.65. The van der Waals surface area contributed by atoms with Gasteiger partial charge in [-0.15, -0.1) is 11.3 Å². The molecule has 3 aromatic rings. The van der Waals surface area contributed by atoms with Gasteiger partial charge in [-0.2, -0.15) is 5.26 Å². The van der Waals surface area contributed by atoms with E-state index in [1.165, 1.54) is 25.6 Å². The molecule has 5 nitrogen and oxygen atoms in total. The quantitative estimate of drug-likeness (QED) is 0.663. The fourth-order valence-corrected chi connectivity index (χ4v) is 5.17. The summed E-state index contributed by atoms with van der Waals surface area (Å²) in [6.07, 6.45) is 2.15. The summed E-state index contributed by atoms with van der Waals surface area (Å²) in [7, 11) is 0. The number of anilines is 1. The lowest BCUT2D eigenvalue weighted by Crippen LogP contribution is -3.14. The van der Waals surface area contributed by atoms with Crippen molar-refractivity contribution in [3.8, 4) is 6.07 Å². The summed E-state index contributed by atoms with van der Waals surface area (Å²) in [4.78, 5) is 20.4. The second-order valence-corrected chi connectivity index (χ2v) is 8.69. The molecule has 0 spiro atoms. The summed E-state index contributed by atoms with van der Waals surface area (Å²) in [5, 5.41) is 10.1. The second-order valence-electron chi connectivity index (χ2n) is 7.63. The molecule has 7 heteroatoms. The number of aromatic nitrogens is 1. The van der Waals surface area contributed by atoms with Crippen LogP contribution in [0.2, 0.25) is 0 Å². The summed E-state index contributed by atoms with van der Waals surface area (Å²) in [5.74, 6) is -0.139. The van der Waals surface area contributed by atoms with Gasteiger partial charge < -0.3 is 9.80 Å². The van der Waals surface area contributed by atoms with Crippen molar-refractivity contribution in [3.63, 3.8) is 0 Å². The van der Waals surface area contributed by atoms with Crippen LogP contribution in [-0.2, 0) is 4.79 Å². The number of rotatable bonds is 6. The first-order valence-electron chi connectivity index (χ1n) is 10.3. The Morgan fingerprint density at radius 1 is 1.20 bits per heavy atom. The highest BCUT2D eigenvalue weighted by Crippen LogP contribution is 2.31. The number of nitrogens with one attached hydrogen (secondary N) is 1. The maximum atomic E-state index is 14.2. The molecular weight excluding hydrogens is 399 g/mol. The van der Waals surface area contributed by atoms with E-state index >= 15 is 0 Å². The van der Waals surface area contributed by atoms with E-state index in [0.717, 1.165) is 31.4 Å². The van der Waals surface area contributed by atoms with Crippen LogP contribution in [0.3, 0.4) is 0 Å². The Morgan fingerprint density at radius 2 is 1.93 bits per heavy atom. The fourth-order valence-electron chi connectivity index (χ4n) is 4.04. The number of thiazole rings is 1. The normalized spacial score (nSPS) is 18.8. The molecule has 30 heavy (non-hydrogen) atoms. The van der Waals surface area contributed by atoms with Gasteiger partial charge in [-0.3, -0.25) is 4.79 Å². The number of fused-ring (bicyclic) bond motifs is 1. The van der Waals surface area contributed by atoms with Crippen molar-refractivity contribution in [2.45, 2.75) is 25.2 Å². The summed E-state index contributed by atoms with van der Waals surface area (Å²) in [6, 6.07) is 16.5. The molecule has 1 saturated heterocycles. The molecule has 1 aromatic heterocycles. The zero-order valence-corrected chi connectivity index (χ0v) is 17.5. The Bertz CT molecular complexity index is 1040. The summed E-state index contributed by atoms with van der Waals surface area (Å²) < 4.78 is 15.5. The number of quaternary nitrogens is 1. The lowest BCUT2D eigenvalue weighted by molar-refractivity contribution is -0.897. The molecule has 1 fully saturated rings. The number of para-hydroxylation sites is 2. The average Bonchev–Trinajstić information content (AvgIpc) is 3.20. The molecule has 1 aliphatic heterocycles. The number of halogens is 1. The standard InChI is InChI=1S/C23H23FN4OS/c24-18-6-1-3-8-20(18)28(13-5-12-25)22(29)16-27-14-10-17(11-15-27)23-26-19-7-2-4-9-21(19)30-23/h1-4,6-9,17H,5,10-11,13-16H2/p+1. The zero-order valence-electron chi connectivity index (χ0n) is 16.7. The lowest BCUT2D eigenvalue weighted by Gasteiger charge is -2.30. The van der Waals surface area contributed by atoms with Gasteiger partial charge in [0.15, 0.2) is 6.54 Å². The van der Waals surface area contributed by atoms with E-state index in [0.29, 0.717) is 12.5 Å². The van der Waals surface area contributed by atoms with Crippen molar-refractivity contribution < 1.29 is 14.1 Å². The van der Waals surface area contributed by atoms with Crippen molar-refractivity contribution in [1.29, 1.82) is 5.26 Å². The van der Waals surface area contributed by atoms with Gasteiger partial charge in [0.2, 0.25) is 0 Å². The van der Waals surface area contributed by atoms with Crippen LogP contribution in [-0.4, -0.2) is 37.1 Å². The molecular formula is C23H24FN4OS+. The number of hydrogen-bond acceptors (Lipinski definition) is 4. The molecule has 0 bridgehead atoms. The van der Waals surface area contributed by atoms with Crippen LogP contribution in [0.1, 0.15) is 30.2 Å². The van der Waals surface area contributed by atoms with Crippen molar-refractivity contribution in [3.05, 3.63) is 59.4 Å². The van der Waals surface area contributed by atoms with E-state index in [9.17, 15) is 9.18 Å². The zero-order chi connectivity index (χ0) is 20.9. The molecule has 0 radical (unpaired) electrons. The number of nitrogens with zero attached hydrogens (tertiary/aromatic N) is 3. The summed E-state index contributed by atoms with van der Waals surface area (Å²) in [6.45, 7) is 2.29. The second kappa shape index (κ2) is 9.33. The van der Waals surface area contributed by atoms with Gasteiger partial charge in [-0.1, -0.05) is 24.3 Å². The predicted molar refractivity (Wildman–Crippen MR) is 116 cm³/mol. The summed E-state index contributed by atoms with van der Waals surface area (Å²) >= 11 is 1.76. The number of hydrogen-bond donors (Lipinski definition) is 1. The SMILES string of the molecule is N#CCCN(C(=O)C[NH+]1CCC(c2nc3ccccc3s2)CC1)c1ccccc1F. The van der Waals surface area contributed by atoms with Crippen LogP contribution < -0.4 is 9.80 Å². The Labute approximate surface area is 179 Å². The first-order chi connectivity index (χ1) is 14.7. The van der Waals surface area contributed by atoms with Crippen LogP contribution in [0.4, 0.5) is 10.1 Å². The molecule has 0 atom stereocenters. The number of carbonyl (C=O) groups excluding carboxylic acids is 1. The van der Waals surface area contributed by atoms with E-state index in [-0.39, 0.29) is 24.6 Å². The van der Waals surface area contributed by atoms with Crippen molar-refractivity contribution >= 4 is 33.1 Å².